The monoisotopic (exact) mass is 238 g/mol. The Morgan fingerprint density at radius 3 is 3.06 bits per heavy atom. The number of ether oxygens (including phenoxy) is 1. The van der Waals surface area contributed by atoms with Crippen LogP contribution in [0.25, 0.3) is 0 Å². The fourth-order valence-electron chi connectivity index (χ4n) is 3.92. The van der Waals surface area contributed by atoms with E-state index >= 15 is 0 Å². The van der Waals surface area contributed by atoms with Crippen LogP contribution < -0.4 is 10.6 Å². The second-order valence-electron chi connectivity index (χ2n) is 6.00. The number of hydrogen-bond acceptors (Lipinski definition) is 3. The van der Waals surface area contributed by atoms with Crippen LogP contribution in [0.1, 0.15) is 38.5 Å². The van der Waals surface area contributed by atoms with Crippen LogP contribution in [0.3, 0.4) is 0 Å². The van der Waals surface area contributed by atoms with Crippen LogP contribution in [0.15, 0.2) is 0 Å². The molecule has 2 heterocycles. The standard InChI is InChI=1S/C14H26N2O/c1-3-11-9-16-14(13(11)5-1)10-15-7-6-12-4-2-8-17-12/h11-16H,1-10H2. The van der Waals surface area contributed by atoms with Gasteiger partial charge in [-0.1, -0.05) is 6.42 Å². The maximum atomic E-state index is 5.64. The highest BCUT2D eigenvalue weighted by Gasteiger charge is 2.38. The van der Waals surface area contributed by atoms with Gasteiger partial charge < -0.3 is 15.4 Å². The lowest BCUT2D eigenvalue weighted by molar-refractivity contribution is 0.104. The third-order valence-corrected chi connectivity index (χ3v) is 4.91. The molecule has 2 saturated heterocycles. The summed E-state index contributed by atoms with van der Waals surface area (Å²) in [5.74, 6) is 1.95. The van der Waals surface area contributed by atoms with Gasteiger partial charge in [0.05, 0.1) is 6.10 Å². The van der Waals surface area contributed by atoms with Gasteiger partial charge in [-0.25, -0.2) is 0 Å². The zero-order chi connectivity index (χ0) is 11.5. The molecule has 17 heavy (non-hydrogen) atoms. The molecule has 98 valence electrons. The van der Waals surface area contributed by atoms with Gasteiger partial charge in [-0.2, -0.15) is 0 Å². The van der Waals surface area contributed by atoms with Gasteiger partial charge in [-0.05, 0) is 57.0 Å². The first-order chi connectivity index (χ1) is 8.43. The molecule has 3 nitrogen and oxygen atoms in total. The van der Waals surface area contributed by atoms with Crippen LogP contribution in [0, 0.1) is 11.8 Å². The molecule has 3 fully saturated rings. The van der Waals surface area contributed by atoms with E-state index in [1.165, 1.54) is 45.1 Å². The van der Waals surface area contributed by atoms with Crippen molar-refractivity contribution < 1.29 is 4.74 Å². The van der Waals surface area contributed by atoms with Crippen LogP contribution in [-0.2, 0) is 4.74 Å². The summed E-state index contributed by atoms with van der Waals surface area (Å²) in [6, 6.07) is 0.743. The lowest BCUT2D eigenvalue weighted by atomic mass is 9.94. The number of rotatable bonds is 5. The minimum absolute atomic E-state index is 0.540. The van der Waals surface area contributed by atoms with E-state index in [9.17, 15) is 0 Å². The van der Waals surface area contributed by atoms with Crippen molar-refractivity contribution in [1.29, 1.82) is 0 Å². The molecule has 2 N–H and O–H groups in total. The second kappa shape index (κ2) is 5.68. The Balaban J connectivity index is 1.31. The summed E-state index contributed by atoms with van der Waals surface area (Å²) in [7, 11) is 0. The molecule has 0 aromatic carbocycles. The maximum absolute atomic E-state index is 5.64. The summed E-state index contributed by atoms with van der Waals surface area (Å²) < 4.78 is 5.64. The fourth-order valence-corrected chi connectivity index (χ4v) is 3.92. The Bertz CT molecular complexity index is 240. The molecule has 4 unspecified atom stereocenters. The van der Waals surface area contributed by atoms with E-state index < -0.39 is 0 Å². The first-order valence-corrected chi connectivity index (χ1v) is 7.49. The van der Waals surface area contributed by atoms with E-state index in [0.717, 1.165) is 37.6 Å². The fraction of sp³-hybridized carbons (Fsp3) is 1.00. The van der Waals surface area contributed by atoms with Gasteiger partial charge >= 0.3 is 0 Å². The highest BCUT2D eigenvalue weighted by molar-refractivity contribution is 4.94. The van der Waals surface area contributed by atoms with Crippen molar-refractivity contribution in [1.82, 2.24) is 10.6 Å². The van der Waals surface area contributed by atoms with Gasteiger partial charge in [-0.15, -0.1) is 0 Å². The summed E-state index contributed by atoms with van der Waals surface area (Å²) in [6.45, 7) is 4.54. The van der Waals surface area contributed by atoms with Gasteiger partial charge in [0.1, 0.15) is 0 Å². The maximum Gasteiger partial charge on any atom is 0.0588 e. The summed E-state index contributed by atoms with van der Waals surface area (Å²) in [5.41, 5.74) is 0. The Morgan fingerprint density at radius 1 is 1.18 bits per heavy atom. The van der Waals surface area contributed by atoms with Crippen molar-refractivity contribution in [3.8, 4) is 0 Å². The number of hydrogen-bond donors (Lipinski definition) is 2. The Hall–Kier alpha value is -0.120. The van der Waals surface area contributed by atoms with E-state index in [4.69, 9.17) is 4.74 Å². The minimum Gasteiger partial charge on any atom is -0.378 e. The van der Waals surface area contributed by atoms with Gasteiger partial charge in [0, 0.05) is 19.2 Å². The molecule has 0 amide bonds. The molecule has 0 bridgehead atoms. The predicted octanol–water partition coefficient (Wildman–Crippen LogP) is 1.53. The summed E-state index contributed by atoms with van der Waals surface area (Å²) in [6.07, 6.45) is 8.65. The molecule has 0 spiro atoms. The molecule has 4 atom stereocenters. The van der Waals surface area contributed by atoms with Crippen LogP contribution in [-0.4, -0.2) is 38.4 Å². The van der Waals surface area contributed by atoms with Gasteiger partial charge in [0.15, 0.2) is 0 Å². The highest BCUT2D eigenvalue weighted by Crippen LogP contribution is 2.37. The van der Waals surface area contributed by atoms with E-state index in [2.05, 4.69) is 10.6 Å². The molecule has 3 aliphatic rings. The summed E-state index contributed by atoms with van der Waals surface area (Å²) in [4.78, 5) is 0. The topological polar surface area (TPSA) is 33.3 Å². The zero-order valence-corrected chi connectivity index (χ0v) is 10.8. The highest BCUT2D eigenvalue weighted by atomic mass is 16.5. The van der Waals surface area contributed by atoms with Crippen LogP contribution >= 0.6 is 0 Å². The average molecular weight is 238 g/mol. The number of nitrogens with one attached hydrogen (secondary N) is 2. The van der Waals surface area contributed by atoms with Crippen LogP contribution in [0.5, 0.6) is 0 Å². The van der Waals surface area contributed by atoms with Crippen molar-refractivity contribution in [2.24, 2.45) is 11.8 Å². The lowest BCUT2D eigenvalue weighted by Gasteiger charge is -2.19. The van der Waals surface area contributed by atoms with Crippen LogP contribution in [0.4, 0.5) is 0 Å². The van der Waals surface area contributed by atoms with Crippen molar-refractivity contribution in [2.45, 2.75) is 50.7 Å². The number of fused-ring (bicyclic) bond motifs is 1. The van der Waals surface area contributed by atoms with E-state index in [-0.39, 0.29) is 0 Å². The lowest BCUT2D eigenvalue weighted by Crippen LogP contribution is -2.38. The molecule has 0 radical (unpaired) electrons. The van der Waals surface area contributed by atoms with Crippen molar-refractivity contribution in [3.63, 3.8) is 0 Å². The summed E-state index contributed by atoms with van der Waals surface area (Å²) >= 11 is 0. The second-order valence-corrected chi connectivity index (χ2v) is 6.00. The Labute approximate surface area is 105 Å². The van der Waals surface area contributed by atoms with E-state index in [0.29, 0.717) is 6.10 Å². The van der Waals surface area contributed by atoms with Crippen LogP contribution in [0.2, 0.25) is 0 Å². The zero-order valence-electron chi connectivity index (χ0n) is 10.8. The molecular weight excluding hydrogens is 212 g/mol. The molecule has 0 aromatic rings. The SMILES string of the molecule is C1COC(CCNCC2NCC3CCCC32)C1. The predicted molar refractivity (Wildman–Crippen MR) is 69.1 cm³/mol. The smallest absolute Gasteiger partial charge is 0.0588 e. The molecule has 1 saturated carbocycles. The normalized spacial score (nSPS) is 40.9. The molecule has 0 aromatic heterocycles. The van der Waals surface area contributed by atoms with Gasteiger partial charge in [-0.3, -0.25) is 0 Å². The first kappa shape index (κ1) is 11.9. The molecular formula is C14H26N2O. The average Bonchev–Trinajstić information content (AvgIpc) is 3.03. The van der Waals surface area contributed by atoms with Gasteiger partial charge in [0.2, 0.25) is 0 Å². The van der Waals surface area contributed by atoms with Crippen molar-refractivity contribution >= 4 is 0 Å². The summed E-state index contributed by atoms with van der Waals surface area (Å²) in [5, 5.41) is 7.32. The van der Waals surface area contributed by atoms with E-state index in [1.807, 2.05) is 0 Å². The minimum atomic E-state index is 0.540. The Kier molecular flexibility index (Phi) is 3.99. The first-order valence-electron chi connectivity index (χ1n) is 7.49. The van der Waals surface area contributed by atoms with E-state index in [1.54, 1.807) is 0 Å². The third-order valence-electron chi connectivity index (χ3n) is 4.91. The third kappa shape index (κ3) is 2.83. The largest absolute Gasteiger partial charge is 0.378 e. The molecule has 2 aliphatic heterocycles. The van der Waals surface area contributed by atoms with Crippen molar-refractivity contribution in [3.05, 3.63) is 0 Å². The van der Waals surface area contributed by atoms with Gasteiger partial charge in [0.25, 0.3) is 0 Å². The molecule has 1 aliphatic carbocycles. The molecule has 3 rings (SSSR count). The quantitative estimate of drug-likeness (QED) is 0.713. The van der Waals surface area contributed by atoms with Crippen molar-refractivity contribution in [2.75, 3.05) is 26.2 Å². The Morgan fingerprint density at radius 2 is 2.18 bits per heavy atom. The molecule has 3 heteroatoms.